The van der Waals surface area contributed by atoms with Crippen molar-refractivity contribution in [3.05, 3.63) is 34.9 Å². The standard InChI is InChI=1S/C14H19NO/c1-10-3-4-12(9-11(10)2)5-8-14(16)15-13-6-7-13/h3-4,9,13H,5-8H2,1-2H3,(H,15,16). The molecule has 0 bridgehead atoms. The highest BCUT2D eigenvalue weighted by atomic mass is 16.1. The van der Waals surface area contributed by atoms with E-state index in [1.54, 1.807) is 0 Å². The van der Waals surface area contributed by atoms with E-state index in [9.17, 15) is 4.79 Å². The molecule has 0 aromatic heterocycles. The molecule has 0 saturated heterocycles. The van der Waals surface area contributed by atoms with Gasteiger partial charge in [-0.05, 0) is 49.8 Å². The number of carbonyl (C=O) groups is 1. The van der Waals surface area contributed by atoms with Crippen LogP contribution < -0.4 is 5.32 Å². The molecule has 1 aliphatic rings. The Morgan fingerprint density at radius 2 is 2.06 bits per heavy atom. The van der Waals surface area contributed by atoms with Crippen molar-refractivity contribution < 1.29 is 4.79 Å². The van der Waals surface area contributed by atoms with E-state index in [4.69, 9.17) is 0 Å². The first-order chi connectivity index (χ1) is 7.65. The molecule has 1 aromatic carbocycles. The molecule has 0 heterocycles. The van der Waals surface area contributed by atoms with Crippen LogP contribution in [0.3, 0.4) is 0 Å². The Bertz CT molecular complexity index is 394. The Labute approximate surface area is 97.1 Å². The first-order valence-corrected chi connectivity index (χ1v) is 6.00. The summed E-state index contributed by atoms with van der Waals surface area (Å²) in [5, 5.41) is 3.01. The molecule has 0 aliphatic heterocycles. The maximum atomic E-state index is 11.5. The van der Waals surface area contributed by atoms with Crippen LogP contribution >= 0.6 is 0 Å². The molecule has 86 valence electrons. The lowest BCUT2D eigenvalue weighted by molar-refractivity contribution is -0.121. The van der Waals surface area contributed by atoms with Crippen molar-refractivity contribution in [2.45, 2.75) is 45.6 Å². The van der Waals surface area contributed by atoms with Gasteiger partial charge in [0.1, 0.15) is 0 Å². The molecule has 2 nitrogen and oxygen atoms in total. The summed E-state index contributed by atoms with van der Waals surface area (Å²) in [7, 11) is 0. The zero-order chi connectivity index (χ0) is 11.5. The molecule has 1 N–H and O–H groups in total. The fourth-order valence-corrected chi connectivity index (χ4v) is 1.74. The predicted octanol–water partition coefficient (Wildman–Crippen LogP) is 2.51. The lowest BCUT2D eigenvalue weighted by Crippen LogP contribution is -2.25. The van der Waals surface area contributed by atoms with Crippen LogP contribution in [0.5, 0.6) is 0 Å². The predicted molar refractivity (Wildman–Crippen MR) is 65.4 cm³/mol. The number of rotatable bonds is 4. The molecule has 1 aromatic rings. The maximum absolute atomic E-state index is 11.5. The minimum Gasteiger partial charge on any atom is -0.353 e. The van der Waals surface area contributed by atoms with Crippen LogP contribution in [0.25, 0.3) is 0 Å². The van der Waals surface area contributed by atoms with E-state index < -0.39 is 0 Å². The highest BCUT2D eigenvalue weighted by molar-refractivity contribution is 5.76. The number of amides is 1. The minimum absolute atomic E-state index is 0.195. The topological polar surface area (TPSA) is 29.1 Å². The second-order valence-electron chi connectivity index (χ2n) is 4.76. The molecule has 2 rings (SSSR count). The highest BCUT2D eigenvalue weighted by Gasteiger charge is 2.22. The average Bonchev–Trinajstić information content (AvgIpc) is 3.04. The van der Waals surface area contributed by atoms with Gasteiger partial charge in [-0.15, -0.1) is 0 Å². The van der Waals surface area contributed by atoms with Crippen LogP contribution in [-0.4, -0.2) is 11.9 Å². The molecule has 1 amide bonds. The number of benzene rings is 1. The van der Waals surface area contributed by atoms with Crippen LogP contribution in [0.15, 0.2) is 18.2 Å². The van der Waals surface area contributed by atoms with E-state index in [-0.39, 0.29) is 5.91 Å². The van der Waals surface area contributed by atoms with Crippen LogP contribution in [-0.2, 0) is 11.2 Å². The molecule has 2 heteroatoms. The maximum Gasteiger partial charge on any atom is 0.220 e. The molecule has 0 unspecified atom stereocenters. The third-order valence-corrected chi connectivity index (χ3v) is 3.15. The van der Waals surface area contributed by atoms with Gasteiger partial charge in [0, 0.05) is 12.5 Å². The van der Waals surface area contributed by atoms with Crippen molar-refractivity contribution in [3.8, 4) is 0 Å². The second-order valence-corrected chi connectivity index (χ2v) is 4.76. The summed E-state index contributed by atoms with van der Waals surface area (Å²) >= 11 is 0. The van der Waals surface area contributed by atoms with E-state index in [1.807, 2.05) is 0 Å². The number of aryl methyl sites for hydroxylation is 3. The Hall–Kier alpha value is -1.31. The van der Waals surface area contributed by atoms with E-state index in [0.717, 1.165) is 19.3 Å². The van der Waals surface area contributed by atoms with Gasteiger partial charge in [-0.3, -0.25) is 4.79 Å². The molecule has 1 fully saturated rings. The minimum atomic E-state index is 0.195. The molecular weight excluding hydrogens is 198 g/mol. The fourth-order valence-electron chi connectivity index (χ4n) is 1.74. The van der Waals surface area contributed by atoms with Gasteiger partial charge in [-0.2, -0.15) is 0 Å². The van der Waals surface area contributed by atoms with Crippen molar-refractivity contribution >= 4 is 5.91 Å². The Balaban J connectivity index is 1.83. The SMILES string of the molecule is Cc1ccc(CCC(=O)NC2CC2)cc1C. The summed E-state index contributed by atoms with van der Waals surface area (Å²) < 4.78 is 0. The molecule has 0 atom stereocenters. The second kappa shape index (κ2) is 4.69. The summed E-state index contributed by atoms with van der Waals surface area (Å²) in [6.07, 6.45) is 3.78. The van der Waals surface area contributed by atoms with Crippen molar-refractivity contribution in [1.29, 1.82) is 0 Å². The first-order valence-electron chi connectivity index (χ1n) is 6.00. The van der Waals surface area contributed by atoms with Crippen LogP contribution in [0, 0.1) is 13.8 Å². The summed E-state index contributed by atoms with van der Waals surface area (Å²) in [6, 6.07) is 6.91. The van der Waals surface area contributed by atoms with Crippen molar-refractivity contribution in [2.75, 3.05) is 0 Å². The van der Waals surface area contributed by atoms with Gasteiger partial charge < -0.3 is 5.32 Å². The molecule has 0 spiro atoms. The van der Waals surface area contributed by atoms with Crippen LogP contribution in [0.4, 0.5) is 0 Å². The van der Waals surface area contributed by atoms with Gasteiger partial charge >= 0.3 is 0 Å². The number of nitrogens with one attached hydrogen (secondary N) is 1. The smallest absolute Gasteiger partial charge is 0.220 e. The quantitative estimate of drug-likeness (QED) is 0.825. The summed E-state index contributed by atoms with van der Waals surface area (Å²) in [4.78, 5) is 11.5. The molecule has 1 aliphatic carbocycles. The number of carbonyl (C=O) groups excluding carboxylic acids is 1. The van der Waals surface area contributed by atoms with Gasteiger partial charge in [0.15, 0.2) is 0 Å². The Morgan fingerprint density at radius 3 is 2.69 bits per heavy atom. The lowest BCUT2D eigenvalue weighted by atomic mass is 10.0. The summed E-state index contributed by atoms with van der Waals surface area (Å²) in [5.74, 6) is 0.195. The summed E-state index contributed by atoms with van der Waals surface area (Å²) in [6.45, 7) is 4.22. The Kier molecular flexibility index (Phi) is 3.28. The van der Waals surface area contributed by atoms with Crippen molar-refractivity contribution in [3.63, 3.8) is 0 Å². The van der Waals surface area contributed by atoms with Gasteiger partial charge in [0.25, 0.3) is 0 Å². The average molecular weight is 217 g/mol. The van der Waals surface area contributed by atoms with Crippen LogP contribution in [0.2, 0.25) is 0 Å². The van der Waals surface area contributed by atoms with Gasteiger partial charge in [-0.1, -0.05) is 18.2 Å². The summed E-state index contributed by atoms with van der Waals surface area (Å²) in [5.41, 5.74) is 3.88. The highest BCUT2D eigenvalue weighted by Crippen LogP contribution is 2.19. The van der Waals surface area contributed by atoms with Gasteiger partial charge in [0.2, 0.25) is 5.91 Å². The molecular formula is C14H19NO. The third kappa shape index (κ3) is 3.09. The number of hydrogen-bond acceptors (Lipinski definition) is 1. The zero-order valence-corrected chi connectivity index (χ0v) is 10.0. The van der Waals surface area contributed by atoms with E-state index in [2.05, 4.69) is 37.4 Å². The first kappa shape index (κ1) is 11.2. The van der Waals surface area contributed by atoms with E-state index in [1.165, 1.54) is 16.7 Å². The molecule has 1 saturated carbocycles. The zero-order valence-electron chi connectivity index (χ0n) is 10.0. The van der Waals surface area contributed by atoms with E-state index >= 15 is 0 Å². The lowest BCUT2D eigenvalue weighted by Gasteiger charge is -2.06. The van der Waals surface area contributed by atoms with Gasteiger partial charge in [0.05, 0.1) is 0 Å². The molecule has 0 radical (unpaired) electrons. The monoisotopic (exact) mass is 217 g/mol. The van der Waals surface area contributed by atoms with Crippen molar-refractivity contribution in [2.24, 2.45) is 0 Å². The fraction of sp³-hybridized carbons (Fsp3) is 0.500. The third-order valence-electron chi connectivity index (χ3n) is 3.15. The van der Waals surface area contributed by atoms with Crippen LogP contribution in [0.1, 0.15) is 36.0 Å². The van der Waals surface area contributed by atoms with Gasteiger partial charge in [-0.25, -0.2) is 0 Å². The molecule has 16 heavy (non-hydrogen) atoms. The largest absolute Gasteiger partial charge is 0.353 e. The Morgan fingerprint density at radius 1 is 1.31 bits per heavy atom. The number of hydrogen-bond donors (Lipinski definition) is 1. The van der Waals surface area contributed by atoms with Crippen molar-refractivity contribution in [1.82, 2.24) is 5.32 Å². The normalized spacial score (nSPS) is 14.9. The van der Waals surface area contributed by atoms with E-state index in [0.29, 0.717) is 12.5 Å².